The van der Waals surface area contributed by atoms with Crippen molar-refractivity contribution >= 4 is 11.8 Å². The maximum Gasteiger partial charge on any atom is 0.253 e. The molecule has 0 bridgehead atoms. The van der Waals surface area contributed by atoms with Gasteiger partial charge in [-0.2, -0.15) is 0 Å². The summed E-state index contributed by atoms with van der Waals surface area (Å²) >= 11 is 0. The normalized spacial score (nSPS) is 15.5. The molecule has 1 atom stereocenters. The Morgan fingerprint density at radius 3 is 2.44 bits per heavy atom. The maximum atomic E-state index is 13.0. The van der Waals surface area contributed by atoms with Crippen LogP contribution in [0.5, 0.6) is 11.5 Å². The van der Waals surface area contributed by atoms with Crippen LogP contribution in [-0.2, 0) is 6.54 Å². The average molecular weight is 459 g/mol. The molecule has 1 aliphatic rings. The highest BCUT2D eigenvalue weighted by atomic mass is 16.5. The van der Waals surface area contributed by atoms with E-state index in [1.165, 1.54) is 0 Å². The Bertz CT molecular complexity index is 1140. The summed E-state index contributed by atoms with van der Waals surface area (Å²) in [6, 6.07) is 22.6. The predicted octanol–water partition coefficient (Wildman–Crippen LogP) is 4.65. The number of carbonyl (C=O) groups excluding carboxylic acids is 2. The number of likely N-dealkylation sites (tertiary alicyclic amines) is 1. The molecular formula is C28H30N2O4. The molecular weight excluding hydrogens is 428 g/mol. The van der Waals surface area contributed by atoms with Gasteiger partial charge in [-0.15, -0.1) is 0 Å². The molecule has 1 heterocycles. The third-order valence-electron chi connectivity index (χ3n) is 6.25. The van der Waals surface area contributed by atoms with Crippen LogP contribution in [0, 0.1) is 0 Å². The van der Waals surface area contributed by atoms with Crippen molar-refractivity contribution in [3.63, 3.8) is 0 Å². The lowest BCUT2D eigenvalue weighted by molar-refractivity contribution is 0.0706. The van der Waals surface area contributed by atoms with E-state index in [0.29, 0.717) is 24.2 Å². The van der Waals surface area contributed by atoms with E-state index in [0.717, 1.165) is 42.0 Å². The van der Waals surface area contributed by atoms with E-state index in [4.69, 9.17) is 9.47 Å². The summed E-state index contributed by atoms with van der Waals surface area (Å²) in [6.45, 7) is 1.80. The fraction of sp³-hybridized carbons (Fsp3) is 0.286. The van der Waals surface area contributed by atoms with Crippen molar-refractivity contribution in [1.29, 1.82) is 0 Å². The Balaban J connectivity index is 1.40. The number of benzene rings is 3. The number of piperidine rings is 1. The first-order valence-electron chi connectivity index (χ1n) is 11.5. The Morgan fingerprint density at radius 1 is 0.912 bits per heavy atom. The van der Waals surface area contributed by atoms with Crippen molar-refractivity contribution in [2.24, 2.45) is 0 Å². The molecule has 1 fully saturated rings. The molecule has 1 unspecified atom stereocenters. The molecule has 34 heavy (non-hydrogen) atoms. The number of rotatable bonds is 7. The summed E-state index contributed by atoms with van der Waals surface area (Å²) in [6.07, 6.45) is 1.92. The van der Waals surface area contributed by atoms with Gasteiger partial charge in [0.1, 0.15) is 11.5 Å². The van der Waals surface area contributed by atoms with E-state index in [1.54, 1.807) is 26.4 Å². The molecule has 2 amide bonds. The van der Waals surface area contributed by atoms with E-state index >= 15 is 0 Å². The number of nitrogens with one attached hydrogen (secondary N) is 1. The van der Waals surface area contributed by atoms with E-state index in [2.05, 4.69) is 5.32 Å². The summed E-state index contributed by atoms with van der Waals surface area (Å²) in [4.78, 5) is 27.7. The Labute approximate surface area is 200 Å². The fourth-order valence-electron chi connectivity index (χ4n) is 4.35. The molecule has 1 aliphatic heterocycles. The summed E-state index contributed by atoms with van der Waals surface area (Å²) < 4.78 is 10.4. The monoisotopic (exact) mass is 458 g/mol. The molecule has 0 aromatic heterocycles. The second-order valence-electron chi connectivity index (χ2n) is 8.48. The molecule has 1 N–H and O–H groups in total. The van der Waals surface area contributed by atoms with Gasteiger partial charge in [-0.25, -0.2) is 0 Å². The SMILES string of the molecule is COc1ccc(C(=O)N2CCCC(c3cccc(C(=O)NCc4cccc(OC)c4)c3)C2)cc1. The molecule has 3 aromatic rings. The van der Waals surface area contributed by atoms with Gasteiger partial charge < -0.3 is 19.7 Å². The lowest BCUT2D eigenvalue weighted by Gasteiger charge is -2.33. The van der Waals surface area contributed by atoms with Crippen LogP contribution in [0.2, 0.25) is 0 Å². The zero-order valence-electron chi connectivity index (χ0n) is 19.6. The lowest BCUT2D eigenvalue weighted by Crippen LogP contribution is -2.39. The van der Waals surface area contributed by atoms with Crippen LogP contribution < -0.4 is 14.8 Å². The van der Waals surface area contributed by atoms with Crippen molar-refractivity contribution in [1.82, 2.24) is 10.2 Å². The van der Waals surface area contributed by atoms with Gasteiger partial charge in [-0.05, 0) is 72.5 Å². The number of nitrogens with zero attached hydrogens (tertiary/aromatic N) is 1. The highest BCUT2D eigenvalue weighted by Gasteiger charge is 2.26. The second-order valence-corrected chi connectivity index (χ2v) is 8.48. The van der Waals surface area contributed by atoms with Crippen LogP contribution in [-0.4, -0.2) is 44.0 Å². The fourth-order valence-corrected chi connectivity index (χ4v) is 4.35. The Kier molecular flexibility index (Phi) is 7.48. The van der Waals surface area contributed by atoms with Gasteiger partial charge >= 0.3 is 0 Å². The van der Waals surface area contributed by atoms with Crippen molar-refractivity contribution in [2.75, 3.05) is 27.3 Å². The van der Waals surface area contributed by atoms with Crippen LogP contribution in [0.3, 0.4) is 0 Å². The molecule has 6 nitrogen and oxygen atoms in total. The highest BCUT2D eigenvalue weighted by Crippen LogP contribution is 2.28. The molecule has 6 heteroatoms. The second kappa shape index (κ2) is 10.9. The van der Waals surface area contributed by atoms with Gasteiger partial charge in [0.25, 0.3) is 11.8 Å². The Hall–Kier alpha value is -3.80. The van der Waals surface area contributed by atoms with Crippen LogP contribution in [0.25, 0.3) is 0 Å². The van der Waals surface area contributed by atoms with E-state index in [9.17, 15) is 9.59 Å². The van der Waals surface area contributed by atoms with Crippen molar-refractivity contribution in [2.45, 2.75) is 25.3 Å². The first-order valence-corrected chi connectivity index (χ1v) is 11.5. The average Bonchev–Trinajstić information content (AvgIpc) is 2.91. The first kappa shape index (κ1) is 23.4. The lowest BCUT2D eigenvalue weighted by atomic mass is 9.89. The zero-order chi connectivity index (χ0) is 23.9. The number of hydrogen-bond acceptors (Lipinski definition) is 4. The topological polar surface area (TPSA) is 67.9 Å². The van der Waals surface area contributed by atoms with Gasteiger partial charge in [-0.3, -0.25) is 9.59 Å². The van der Waals surface area contributed by atoms with Gasteiger partial charge in [-0.1, -0.05) is 24.3 Å². The van der Waals surface area contributed by atoms with Crippen molar-refractivity contribution in [3.8, 4) is 11.5 Å². The molecule has 4 rings (SSSR count). The number of ether oxygens (including phenoxy) is 2. The molecule has 0 spiro atoms. The molecule has 1 saturated heterocycles. The van der Waals surface area contributed by atoms with Gasteiger partial charge in [0, 0.05) is 36.7 Å². The molecule has 0 aliphatic carbocycles. The predicted molar refractivity (Wildman–Crippen MR) is 131 cm³/mol. The minimum Gasteiger partial charge on any atom is -0.497 e. The standard InChI is InChI=1S/C28H30N2O4/c1-33-25-13-11-21(12-14-25)28(32)30-15-5-9-24(19-30)22-7-4-8-23(17-22)27(31)29-18-20-6-3-10-26(16-20)34-2/h3-4,6-8,10-14,16-17,24H,5,9,15,18-19H2,1-2H3,(H,29,31). The van der Waals surface area contributed by atoms with Crippen molar-refractivity contribution in [3.05, 3.63) is 95.1 Å². The quantitative estimate of drug-likeness (QED) is 0.560. The van der Waals surface area contributed by atoms with Crippen LogP contribution >= 0.6 is 0 Å². The summed E-state index contributed by atoms with van der Waals surface area (Å²) in [5, 5.41) is 2.99. The number of carbonyl (C=O) groups is 2. The van der Waals surface area contributed by atoms with E-state index in [-0.39, 0.29) is 17.7 Å². The Morgan fingerprint density at radius 2 is 1.68 bits per heavy atom. The number of hydrogen-bond donors (Lipinski definition) is 1. The summed E-state index contributed by atoms with van der Waals surface area (Å²) in [5.41, 5.74) is 3.34. The minimum atomic E-state index is -0.119. The van der Waals surface area contributed by atoms with Crippen LogP contribution in [0.15, 0.2) is 72.8 Å². The largest absolute Gasteiger partial charge is 0.497 e. The summed E-state index contributed by atoms with van der Waals surface area (Å²) in [5.74, 6) is 1.60. The smallest absolute Gasteiger partial charge is 0.253 e. The van der Waals surface area contributed by atoms with Gasteiger partial charge in [0.05, 0.1) is 14.2 Å². The number of methoxy groups -OCH3 is 2. The summed E-state index contributed by atoms with van der Waals surface area (Å²) in [7, 11) is 3.24. The van der Waals surface area contributed by atoms with Gasteiger partial charge in [0.15, 0.2) is 0 Å². The van der Waals surface area contributed by atoms with Crippen LogP contribution in [0.4, 0.5) is 0 Å². The third-order valence-corrected chi connectivity index (χ3v) is 6.25. The molecule has 3 aromatic carbocycles. The molecule has 176 valence electrons. The molecule has 0 radical (unpaired) electrons. The van der Waals surface area contributed by atoms with Gasteiger partial charge in [0.2, 0.25) is 0 Å². The highest BCUT2D eigenvalue weighted by molar-refractivity contribution is 5.95. The zero-order valence-corrected chi connectivity index (χ0v) is 19.6. The van der Waals surface area contributed by atoms with Crippen LogP contribution in [0.1, 0.15) is 50.6 Å². The third kappa shape index (κ3) is 5.57. The van der Waals surface area contributed by atoms with Crippen molar-refractivity contribution < 1.29 is 19.1 Å². The maximum absolute atomic E-state index is 13.0. The van der Waals surface area contributed by atoms with E-state index in [1.807, 2.05) is 65.6 Å². The minimum absolute atomic E-state index is 0.0274. The molecule has 0 saturated carbocycles. The van der Waals surface area contributed by atoms with E-state index < -0.39 is 0 Å². The number of amides is 2. The first-order chi connectivity index (χ1) is 16.6.